The quantitative estimate of drug-likeness (QED) is 0.108. The largest absolute Gasteiger partial charge is 0.378 e. The lowest BCUT2D eigenvalue weighted by Crippen LogP contribution is -2.50. The SMILES string of the molecule is CCCCCCCC(CCCCCC)CN1CCC2(CC1)CC(OCCC(CCCC)CCCCCC)C2. The lowest BCUT2D eigenvalue weighted by Gasteiger charge is -2.52. The summed E-state index contributed by atoms with van der Waals surface area (Å²) >= 11 is 0. The summed E-state index contributed by atoms with van der Waals surface area (Å²) in [5.74, 6) is 1.85. The summed E-state index contributed by atoms with van der Waals surface area (Å²) in [6.07, 6.45) is 34.5. The molecule has 2 rings (SSSR count). The van der Waals surface area contributed by atoms with Gasteiger partial charge >= 0.3 is 0 Å². The van der Waals surface area contributed by atoms with Crippen molar-refractivity contribution in [2.24, 2.45) is 17.3 Å². The summed E-state index contributed by atoms with van der Waals surface area (Å²) in [5, 5.41) is 0. The minimum absolute atomic E-state index is 0.572. The van der Waals surface area contributed by atoms with Gasteiger partial charge in [0.1, 0.15) is 0 Å². The average molecular weight is 534 g/mol. The highest BCUT2D eigenvalue weighted by molar-refractivity contribution is 4.98. The van der Waals surface area contributed by atoms with Gasteiger partial charge in [-0.2, -0.15) is 0 Å². The Morgan fingerprint density at radius 3 is 1.61 bits per heavy atom. The molecule has 2 aliphatic rings. The minimum atomic E-state index is 0.572. The van der Waals surface area contributed by atoms with Gasteiger partial charge in [-0.3, -0.25) is 0 Å². The van der Waals surface area contributed by atoms with Gasteiger partial charge in [0.2, 0.25) is 0 Å². The third-order valence-electron chi connectivity index (χ3n) is 10.2. The minimum Gasteiger partial charge on any atom is -0.378 e. The van der Waals surface area contributed by atoms with Crippen LogP contribution in [0.5, 0.6) is 0 Å². The summed E-state index contributed by atoms with van der Waals surface area (Å²) in [5.41, 5.74) is 0.639. The molecule has 2 unspecified atom stereocenters. The molecule has 0 aromatic rings. The molecule has 0 N–H and O–H groups in total. The van der Waals surface area contributed by atoms with Crippen LogP contribution in [0.15, 0.2) is 0 Å². The standard InChI is InChI=1S/C36H71NO/c1-5-9-13-16-19-23-34(22-18-15-11-7-3)32-37-27-25-36(26-28-37)30-35(31-36)38-29-24-33(20-12-8-4)21-17-14-10-6-2/h33-35H,5-32H2,1-4H3. The van der Waals surface area contributed by atoms with E-state index < -0.39 is 0 Å². The number of hydrogen-bond acceptors (Lipinski definition) is 2. The molecule has 1 spiro atoms. The van der Waals surface area contributed by atoms with E-state index in [-0.39, 0.29) is 0 Å². The van der Waals surface area contributed by atoms with Gasteiger partial charge < -0.3 is 9.64 Å². The molecule has 1 aliphatic carbocycles. The van der Waals surface area contributed by atoms with Crippen molar-refractivity contribution < 1.29 is 4.74 Å². The van der Waals surface area contributed by atoms with Gasteiger partial charge in [0.25, 0.3) is 0 Å². The monoisotopic (exact) mass is 534 g/mol. The predicted molar refractivity (Wildman–Crippen MR) is 169 cm³/mol. The van der Waals surface area contributed by atoms with E-state index in [1.807, 2.05) is 0 Å². The second-order valence-electron chi connectivity index (χ2n) is 13.8. The van der Waals surface area contributed by atoms with E-state index >= 15 is 0 Å². The summed E-state index contributed by atoms with van der Waals surface area (Å²) < 4.78 is 6.46. The van der Waals surface area contributed by atoms with Crippen LogP contribution < -0.4 is 0 Å². The van der Waals surface area contributed by atoms with Crippen molar-refractivity contribution in [3.05, 3.63) is 0 Å². The molecule has 0 bridgehead atoms. The Labute approximate surface area is 240 Å². The molecular weight excluding hydrogens is 462 g/mol. The van der Waals surface area contributed by atoms with Gasteiger partial charge in [-0.1, -0.05) is 137 Å². The molecule has 0 amide bonds. The average Bonchev–Trinajstić information content (AvgIpc) is 2.91. The highest BCUT2D eigenvalue weighted by Gasteiger charge is 2.46. The first kappa shape index (κ1) is 34.1. The maximum atomic E-state index is 6.46. The van der Waals surface area contributed by atoms with Crippen LogP contribution in [0, 0.1) is 17.3 Å². The maximum Gasteiger partial charge on any atom is 0.0585 e. The molecule has 2 fully saturated rings. The van der Waals surface area contributed by atoms with Gasteiger partial charge in [0.15, 0.2) is 0 Å². The number of nitrogens with zero attached hydrogens (tertiary/aromatic N) is 1. The summed E-state index contributed by atoms with van der Waals surface area (Å²) in [7, 11) is 0. The van der Waals surface area contributed by atoms with E-state index in [1.54, 1.807) is 0 Å². The van der Waals surface area contributed by atoms with E-state index in [9.17, 15) is 0 Å². The Morgan fingerprint density at radius 2 is 1.05 bits per heavy atom. The van der Waals surface area contributed by atoms with Gasteiger partial charge in [0, 0.05) is 13.2 Å². The van der Waals surface area contributed by atoms with Gasteiger partial charge in [0.05, 0.1) is 6.10 Å². The molecule has 2 atom stereocenters. The van der Waals surface area contributed by atoms with Crippen LogP contribution in [-0.4, -0.2) is 37.2 Å². The Hall–Kier alpha value is -0.0800. The lowest BCUT2D eigenvalue weighted by molar-refractivity contribution is -0.108. The highest BCUT2D eigenvalue weighted by Crippen LogP contribution is 2.50. The Kier molecular flexibility index (Phi) is 19.4. The van der Waals surface area contributed by atoms with Crippen molar-refractivity contribution in [1.82, 2.24) is 4.90 Å². The Morgan fingerprint density at radius 1 is 0.579 bits per heavy atom. The van der Waals surface area contributed by atoms with Crippen LogP contribution in [-0.2, 0) is 4.74 Å². The van der Waals surface area contributed by atoms with Crippen molar-refractivity contribution >= 4 is 0 Å². The summed E-state index contributed by atoms with van der Waals surface area (Å²) in [6, 6.07) is 0. The second kappa shape index (κ2) is 21.6. The summed E-state index contributed by atoms with van der Waals surface area (Å²) in [4.78, 5) is 2.85. The number of rotatable bonds is 25. The molecule has 0 aromatic carbocycles. The number of piperidine rings is 1. The fraction of sp³-hybridized carbons (Fsp3) is 1.00. The zero-order valence-electron chi connectivity index (χ0n) is 26.9. The molecule has 1 saturated carbocycles. The molecule has 1 saturated heterocycles. The second-order valence-corrected chi connectivity index (χ2v) is 13.8. The topological polar surface area (TPSA) is 12.5 Å². The van der Waals surface area contributed by atoms with Crippen molar-refractivity contribution in [1.29, 1.82) is 0 Å². The van der Waals surface area contributed by atoms with E-state index in [0.29, 0.717) is 11.5 Å². The molecule has 2 heteroatoms. The first-order chi connectivity index (χ1) is 18.6. The Balaban J connectivity index is 1.63. The third kappa shape index (κ3) is 14.5. The zero-order valence-corrected chi connectivity index (χ0v) is 26.9. The van der Waals surface area contributed by atoms with Crippen molar-refractivity contribution in [2.75, 3.05) is 26.2 Å². The lowest BCUT2D eigenvalue weighted by atomic mass is 9.61. The summed E-state index contributed by atoms with van der Waals surface area (Å²) in [6.45, 7) is 14.4. The highest BCUT2D eigenvalue weighted by atomic mass is 16.5. The first-order valence-electron chi connectivity index (χ1n) is 18.0. The number of hydrogen-bond donors (Lipinski definition) is 0. The first-order valence-corrected chi connectivity index (χ1v) is 18.0. The fourth-order valence-electron chi connectivity index (χ4n) is 7.42. The van der Waals surface area contributed by atoms with Crippen molar-refractivity contribution in [3.63, 3.8) is 0 Å². The normalized spacial score (nSPS) is 19.6. The third-order valence-corrected chi connectivity index (χ3v) is 10.2. The molecule has 38 heavy (non-hydrogen) atoms. The number of unbranched alkanes of at least 4 members (excludes halogenated alkanes) is 11. The molecule has 226 valence electrons. The van der Waals surface area contributed by atoms with Crippen LogP contribution in [0.25, 0.3) is 0 Å². The van der Waals surface area contributed by atoms with Crippen LogP contribution in [0.4, 0.5) is 0 Å². The Bertz CT molecular complexity index is 517. The molecular formula is C36H71NO. The van der Waals surface area contributed by atoms with Gasteiger partial charge in [-0.15, -0.1) is 0 Å². The van der Waals surface area contributed by atoms with Crippen molar-refractivity contribution in [2.45, 2.75) is 188 Å². The molecule has 0 radical (unpaired) electrons. The van der Waals surface area contributed by atoms with Gasteiger partial charge in [-0.05, 0) is 75.3 Å². The zero-order chi connectivity index (χ0) is 27.3. The van der Waals surface area contributed by atoms with Crippen LogP contribution in [0.3, 0.4) is 0 Å². The van der Waals surface area contributed by atoms with E-state index in [0.717, 1.165) is 18.4 Å². The van der Waals surface area contributed by atoms with Crippen molar-refractivity contribution in [3.8, 4) is 0 Å². The molecule has 1 aliphatic heterocycles. The number of ether oxygens (including phenoxy) is 1. The van der Waals surface area contributed by atoms with Crippen LogP contribution in [0.1, 0.15) is 182 Å². The molecule has 2 nitrogen and oxygen atoms in total. The van der Waals surface area contributed by atoms with Crippen LogP contribution >= 0.6 is 0 Å². The smallest absolute Gasteiger partial charge is 0.0585 e. The predicted octanol–water partition coefficient (Wildman–Crippen LogP) is 11.4. The van der Waals surface area contributed by atoms with E-state index in [2.05, 4.69) is 32.6 Å². The molecule has 1 heterocycles. The van der Waals surface area contributed by atoms with Gasteiger partial charge in [-0.25, -0.2) is 0 Å². The number of likely N-dealkylation sites (tertiary alicyclic amines) is 1. The van der Waals surface area contributed by atoms with E-state index in [4.69, 9.17) is 4.74 Å². The maximum absolute atomic E-state index is 6.46. The van der Waals surface area contributed by atoms with E-state index in [1.165, 1.54) is 174 Å². The fourth-order valence-corrected chi connectivity index (χ4v) is 7.42. The van der Waals surface area contributed by atoms with Crippen LogP contribution in [0.2, 0.25) is 0 Å². The molecule has 0 aromatic heterocycles.